The van der Waals surface area contributed by atoms with E-state index in [1.807, 2.05) is 30.3 Å². The van der Waals surface area contributed by atoms with Gasteiger partial charge in [-0.15, -0.1) is 0 Å². The Bertz CT molecular complexity index is 684. The average molecular weight is 340 g/mol. The minimum atomic E-state index is -0.0897. The van der Waals surface area contributed by atoms with E-state index in [9.17, 15) is 4.79 Å². The molecule has 0 bridgehead atoms. The van der Waals surface area contributed by atoms with Crippen LogP contribution in [0.1, 0.15) is 22.0 Å². The summed E-state index contributed by atoms with van der Waals surface area (Å²) in [5.41, 5.74) is 1.81. The van der Waals surface area contributed by atoms with Crippen LogP contribution in [-0.4, -0.2) is 50.8 Å². The minimum Gasteiger partial charge on any atom is -0.497 e. The number of methoxy groups -OCH3 is 1. The van der Waals surface area contributed by atoms with Gasteiger partial charge < -0.3 is 14.8 Å². The van der Waals surface area contributed by atoms with E-state index < -0.39 is 0 Å². The molecule has 1 heterocycles. The number of hydrogen-bond donors (Lipinski definition) is 1. The van der Waals surface area contributed by atoms with E-state index in [4.69, 9.17) is 9.47 Å². The van der Waals surface area contributed by atoms with E-state index in [-0.39, 0.29) is 11.9 Å². The number of hydrogen-bond acceptors (Lipinski definition) is 4. The van der Waals surface area contributed by atoms with Crippen LogP contribution >= 0.6 is 0 Å². The number of carbonyl (C=O) groups is 1. The first-order valence-corrected chi connectivity index (χ1v) is 8.57. The van der Waals surface area contributed by atoms with E-state index in [2.05, 4.69) is 22.3 Å². The normalized spacial score (nSPS) is 16.2. The molecule has 1 atom stereocenters. The molecule has 1 fully saturated rings. The molecule has 0 aliphatic carbocycles. The van der Waals surface area contributed by atoms with Crippen molar-refractivity contribution in [2.45, 2.75) is 6.04 Å². The molecule has 1 saturated heterocycles. The SMILES string of the molecule is COc1cccc(C(=O)NC[C@H](c2ccccc2)N2CCOCC2)c1. The molecule has 5 nitrogen and oxygen atoms in total. The summed E-state index contributed by atoms with van der Waals surface area (Å²) < 4.78 is 10.7. The Morgan fingerprint density at radius 3 is 2.64 bits per heavy atom. The van der Waals surface area contributed by atoms with E-state index in [0.29, 0.717) is 17.9 Å². The van der Waals surface area contributed by atoms with Gasteiger partial charge in [0.05, 0.1) is 26.4 Å². The van der Waals surface area contributed by atoms with Crippen molar-refractivity contribution >= 4 is 5.91 Å². The Balaban J connectivity index is 1.70. The third-order valence-electron chi connectivity index (χ3n) is 4.46. The van der Waals surface area contributed by atoms with Crippen LogP contribution in [0.2, 0.25) is 0 Å². The van der Waals surface area contributed by atoms with Crippen LogP contribution in [-0.2, 0) is 4.74 Å². The van der Waals surface area contributed by atoms with Gasteiger partial charge in [0, 0.05) is 25.2 Å². The summed E-state index contributed by atoms with van der Waals surface area (Å²) in [5, 5.41) is 3.07. The summed E-state index contributed by atoms with van der Waals surface area (Å²) in [4.78, 5) is 14.9. The number of benzene rings is 2. The van der Waals surface area contributed by atoms with Crippen molar-refractivity contribution in [2.75, 3.05) is 40.0 Å². The van der Waals surface area contributed by atoms with Crippen molar-refractivity contribution in [1.29, 1.82) is 0 Å². The number of carbonyl (C=O) groups excluding carboxylic acids is 1. The number of ether oxygens (including phenoxy) is 2. The second-order valence-corrected chi connectivity index (χ2v) is 6.02. The van der Waals surface area contributed by atoms with Crippen molar-refractivity contribution in [2.24, 2.45) is 0 Å². The van der Waals surface area contributed by atoms with Gasteiger partial charge in [0.15, 0.2) is 0 Å². The first kappa shape index (κ1) is 17.5. The van der Waals surface area contributed by atoms with Gasteiger partial charge in [0.2, 0.25) is 0 Å². The summed E-state index contributed by atoms with van der Waals surface area (Å²) >= 11 is 0. The third kappa shape index (κ3) is 4.59. The Morgan fingerprint density at radius 1 is 1.16 bits per heavy atom. The highest BCUT2D eigenvalue weighted by molar-refractivity contribution is 5.94. The summed E-state index contributed by atoms with van der Waals surface area (Å²) in [6, 6.07) is 17.6. The molecule has 2 aromatic rings. The fraction of sp³-hybridized carbons (Fsp3) is 0.350. The number of nitrogens with one attached hydrogen (secondary N) is 1. The Hall–Kier alpha value is -2.37. The molecule has 3 rings (SSSR count). The zero-order chi connectivity index (χ0) is 17.5. The van der Waals surface area contributed by atoms with Gasteiger partial charge in [-0.2, -0.15) is 0 Å². The molecule has 25 heavy (non-hydrogen) atoms. The predicted octanol–water partition coefficient (Wildman–Crippen LogP) is 2.50. The van der Waals surface area contributed by atoms with Gasteiger partial charge in [-0.1, -0.05) is 36.4 Å². The molecule has 1 aliphatic rings. The maximum atomic E-state index is 12.5. The van der Waals surface area contributed by atoms with Crippen LogP contribution in [0.15, 0.2) is 54.6 Å². The molecular weight excluding hydrogens is 316 g/mol. The molecule has 0 aromatic heterocycles. The van der Waals surface area contributed by atoms with Crippen LogP contribution < -0.4 is 10.1 Å². The molecule has 1 amide bonds. The summed E-state index contributed by atoms with van der Waals surface area (Å²) in [7, 11) is 1.60. The number of rotatable bonds is 6. The van der Waals surface area contributed by atoms with Crippen molar-refractivity contribution in [3.63, 3.8) is 0 Å². The van der Waals surface area contributed by atoms with Crippen molar-refractivity contribution in [1.82, 2.24) is 10.2 Å². The lowest BCUT2D eigenvalue weighted by Crippen LogP contribution is -2.43. The van der Waals surface area contributed by atoms with Crippen LogP contribution in [0.4, 0.5) is 0 Å². The molecule has 0 unspecified atom stereocenters. The Morgan fingerprint density at radius 2 is 1.92 bits per heavy atom. The monoisotopic (exact) mass is 340 g/mol. The summed E-state index contributed by atoms with van der Waals surface area (Å²) in [6.45, 7) is 3.75. The molecule has 5 heteroatoms. The first-order chi connectivity index (χ1) is 12.3. The molecule has 2 aromatic carbocycles. The second-order valence-electron chi connectivity index (χ2n) is 6.02. The predicted molar refractivity (Wildman–Crippen MR) is 96.9 cm³/mol. The highest BCUT2D eigenvalue weighted by Crippen LogP contribution is 2.21. The lowest BCUT2D eigenvalue weighted by atomic mass is 10.0. The third-order valence-corrected chi connectivity index (χ3v) is 4.46. The molecule has 0 spiro atoms. The van der Waals surface area contributed by atoms with Gasteiger partial charge in [-0.25, -0.2) is 0 Å². The topological polar surface area (TPSA) is 50.8 Å². The Labute approximate surface area is 148 Å². The average Bonchev–Trinajstić information content (AvgIpc) is 2.69. The fourth-order valence-corrected chi connectivity index (χ4v) is 3.08. The molecule has 1 aliphatic heterocycles. The van der Waals surface area contributed by atoms with Crippen LogP contribution in [0.25, 0.3) is 0 Å². The van der Waals surface area contributed by atoms with Crippen molar-refractivity contribution < 1.29 is 14.3 Å². The smallest absolute Gasteiger partial charge is 0.251 e. The van der Waals surface area contributed by atoms with Crippen molar-refractivity contribution in [3.05, 3.63) is 65.7 Å². The largest absolute Gasteiger partial charge is 0.497 e. The number of nitrogens with zero attached hydrogens (tertiary/aromatic N) is 1. The van der Waals surface area contributed by atoms with E-state index >= 15 is 0 Å². The van der Waals surface area contributed by atoms with Gasteiger partial charge in [-0.05, 0) is 23.8 Å². The number of morpholine rings is 1. The quantitative estimate of drug-likeness (QED) is 0.878. The van der Waals surface area contributed by atoms with E-state index in [0.717, 1.165) is 26.3 Å². The van der Waals surface area contributed by atoms with Crippen LogP contribution in [0.5, 0.6) is 5.75 Å². The zero-order valence-corrected chi connectivity index (χ0v) is 14.5. The van der Waals surface area contributed by atoms with Crippen molar-refractivity contribution in [3.8, 4) is 5.75 Å². The number of amides is 1. The van der Waals surface area contributed by atoms with E-state index in [1.54, 1.807) is 19.2 Å². The van der Waals surface area contributed by atoms with Crippen LogP contribution in [0.3, 0.4) is 0 Å². The van der Waals surface area contributed by atoms with Gasteiger partial charge in [0.25, 0.3) is 5.91 Å². The van der Waals surface area contributed by atoms with Gasteiger partial charge >= 0.3 is 0 Å². The molecular formula is C20H24N2O3. The minimum absolute atomic E-state index is 0.0897. The second kappa shape index (κ2) is 8.65. The molecule has 0 saturated carbocycles. The molecule has 132 valence electrons. The fourth-order valence-electron chi connectivity index (χ4n) is 3.08. The summed E-state index contributed by atoms with van der Waals surface area (Å²) in [5.74, 6) is 0.591. The highest BCUT2D eigenvalue weighted by atomic mass is 16.5. The molecule has 0 radical (unpaired) electrons. The lowest BCUT2D eigenvalue weighted by molar-refractivity contribution is 0.0162. The lowest BCUT2D eigenvalue weighted by Gasteiger charge is -2.35. The van der Waals surface area contributed by atoms with Gasteiger partial charge in [-0.3, -0.25) is 9.69 Å². The highest BCUT2D eigenvalue weighted by Gasteiger charge is 2.23. The Kier molecular flexibility index (Phi) is 6.04. The van der Waals surface area contributed by atoms with Crippen LogP contribution in [0, 0.1) is 0 Å². The van der Waals surface area contributed by atoms with Gasteiger partial charge in [0.1, 0.15) is 5.75 Å². The maximum absolute atomic E-state index is 12.5. The summed E-state index contributed by atoms with van der Waals surface area (Å²) in [6.07, 6.45) is 0. The zero-order valence-electron chi connectivity index (χ0n) is 14.5. The maximum Gasteiger partial charge on any atom is 0.251 e. The van der Waals surface area contributed by atoms with E-state index in [1.165, 1.54) is 5.56 Å². The standard InChI is InChI=1S/C20H24N2O3/c1-24-18-9-5-8-17(14-18)20(23)21-15-19(16-6-3-2-4-7-16)22-10-12-25-13-11-22/h2-9,14,19H,10-13,15H2,1H3,(H,21,23)/t19-/m1/s1. The molecule has 1 N–H and O–H groups in total. The first-order valence-electron chi connectivity index (χ1n) is 8.57.